The highest BCUT2D eigenvalue weighted by Crippen LogP contribution is 2.31. The quantitative estimate of drug-likeness (QED) is 0.734. The molecule has 1 atom stereocenters. The third-order valence-electron chi connectivity index (χ3n) is 3.73. The maximum Gasteiger partial charge on any atom is 0.132 e. The van der Waals surface area contributed by atoms with Gasteiger partial charge in [-0.05, 0) is 34.9 Å². The second kappa shape index (κ2) is 5.26. The van der Waals surface area contributed by atoms with Crippen LogP contribution in [0.4, 0.5) is 8.78 Å². The van der Waals surface area contributed by atoms with Gasteiger partial charge in [-0.15, -0.1) is 0 Å². The van der Waals surface area contributed by atoms with Crippen LogP contribution in [0.15, 0.2) is 54.6 Å². The summed E-state index contributed by atoms with van der Waals surface area (Å²) in [6.07, 6.45) is -1.13. The summed E-state index contributed by atoms with van der Waals surface area (Å²) in [6, 6.07) is 14.5. The van der Waals surface area contributed by atoms with Gasteiger partial charge in [-0.3, -0.25) is 0 Å². The van der Waals surface area contributed by atoms with Crippen LogP contribution in [0.3, 0.4) is 0 Å². The van der Waals surface area contributed by atoms with E-state index in [9.17, 15) is 13.9 Å². The molecule has 3 aromatic rings. The molecule has 0 aromatic heterocycles. The van der Waals surface area contributed by atoms with Gasteiger partial charge in [-0.2, -0.15) is 0 Å². The smallest absolute Gasteiger partial charge is 0.132 e. The maximum atomic E-state index is 13.9. The van der Waals surface area contributed by atoms with Gasteiger partial charge in [0.2, 0.25) is 0 Å². The van der Waals surface area contributed by atoms with E-state index in [1.165, 1.54) is 6.07 Å². The molecule has 21 heavy (non-hydrogen) atoms. The van der Waals surface area contributed by atoms with Gasteiger partial charge in [0, 0.05) is 11.6 Å². The Morgan fingerprint density at radius 3 is 2.24 bits per heavy atom. The average molecular weight is 284 g/mol. The molecule has 1 N–H and O–H groups in total. The van der Waals surface area contributed by atoms with Crippen molar-refractivity contribution in [2.45, 2.75) is 13.0 Å². The first-order valence-electron chi connectivity index (χ1n) is 6.69. The molecule has 0 saturated heterocycles. The Morgan fingerprint density at radius 2 is 1.52 bits per heavy atom. The van der Waals surface area contributed by atoms with Crippen LogP contribution in [0.2, 0.25) is 0 Å². The fourth-order valence-electron chi connectivity index (χ4n) is 2.60. The second-order valence-corrected chi connectivity index (χ2v) is 5.09. The molecule has 3 heteroatoms. The topological polar surface area (TPSA) is 20.2 Å². The van der Waals surface area contributed by atoms with Crippen molar-refractivity contribution in [2.24, 2.45) is 0 Å². The minimum atomic E-state index is -1.13. The lowest BCUT2D eigenvalue weighted by atomic mass is 9.93. The Labute approximate surface area is 121 Å². The number of aliphatic hydroxyl groups is 1. The predicted octanol–water partition coefficient (Wildman–Crippen LogP) is 4.51. The van der Waals surface area contributed by atoms with E-state index in [1.807, 2.05) is 37.3 Å². The van der Waals surface area contributed by atoms with Crippen LogP contribution >= 0.6 is 0 Å². The molecule has 106 valence electrons. The summed E-state index contributed by atoms with van der Waals surface area (Å²) in [5, 5.41) is 12.4. The highest BCUT2D eigenvalue weighted by Gasteiger charge is 2.18. The fraction of sp³-hybridized carbons (Fsp3) is 0.111. The number of aryl methyl sites for hydroxylation is 1. The van der Waals surface area contributed by atoms with E-state index in [-0.39, 0.29) is 5.56 Å². The van der Waals surface area contributed by atoms with E-state index < -0.39 is 17.7 Å². The number of halogens is 2. The van der Waals surface area contributed by atoms with Crippen molar-refractivity contribution in [3.05, 3.63) is 82.9 Å². The van der Waals surface area contributed by atoms with Crippen LogP contribution in [0.1, 0.15) is 22.8 Å². The van der Waals surface area contributed by atoms with Gasteiger partial charge in [0.05, 0.1) is 0 Å². The van der Waals surface area contributed by atoms with Crippen LogP contribution in [-0.4, -0.2) is 5.11 Å². The molecule has 0 heterocycles. The standard InChI is InChI=1S/C18H14F2O/c1-11-6-8-15(14-5-3-2-4-13(11)14)18(21)16-9-7-12(19)10-17(16)20/h2-10,18,21H,1H3. The predicted molar refractivity (Wildman–Crippen MR) is 79.1 cm³/mol. The summed E-state index contributed by atoms with van der Waals surface area (Å²) in [5.74, 6) is -1.40. The third kappa shape index (κ3) is 2.41. The van der Waals surface area contributed by atoms with E-state index in [2.05, 4.69) is 0 Å². The number of aliphatic hydroxyl groups excluding tert-OH is 1. The molecule has 0 spiro atoms. The summed E-state index contributed by atoms with van der Waals surface area (Å²) in [5.41, 5.74) is 1.77. The average Bonchev–Trinajstić information content (AvgIpc) is 2.47. The maximum absolute atomic E-state index is 13.9. The molecule has 0 fully saturated rings. The van der Waals surface area contributed by atoms with Gasteiger partial charge < -0.3 is 5.11 Å². The summed E-state index contributed by atoms with van der Waals surface area (Å²) in [4.78, 5) is 0. The van der Waals surface area contributed by atoms with Gasteiger partial charge in [0.15, 0.2) is 0 Å². The Hall–Kier alpha value is -2.26. The van der Waals surface area contributed by atoms with Crippen molar-refractivity contribution in [1.82, 2.24) is 0 Å². The summed E-state index contributed by atoms with van der Waals surface area (Å²) < 4.78 is 26.9. The van der Waals surface area contributed by atoms with E-state index in [1.54, 1.807) is 6.07 Å². The molecule has 0 aliphatic heterocycles. The van der Waals surface area contributed by atoms with Crippen molar-refractivity contribution in [3.63, 3.8) is 0 Å². The van der Waals surface area contributed by atoms with Crippen LogP contribution in [-0.2, 0) is 0 Å². The second-order valence-electron chi connectivity index (χ2n) is 5.09. The monoisotopic (exact) mass is 284 g/mol. The van der Waals surface area contributed by atoms with Crippen molar-refractivity contribution in [1.29, 1.82) is 0 Å². The van der Waals surface area contributed by atoms with E-state index in [4.69, 9.17) is 0 Å². The Balaban J connectivity index is 2.18. The molecule has 0 radical (unpaired) electrons. The molecule has 0 saturated carbocycles. The number of hydrogen-bond donors (Lipinski definition) is 1. The fourth-order valence-corrected chi connectivity index (χ4v) is 2.60. The van der Waals surface area contributed by atoms with Crippen molar-refractivity contribution < 1.29 is 13.9 Å². The van der Waals surface area contributed by atoms with Crippen molar-refractivity contribution >= 4 is 10.8 Å². The Kier molecular flexibility index (Phi) is 3.43. The molecule has 3 aromatic carbocycles. The lowest BCUT2D eigenvalue weighted by molar-refractivity contribution is 0.216. The minimum absolute atomic E-state index is 0.0745. The zero-order chi connectivity index (χ0) is 15.0. The summed E-state index contributed by atoms with van der Waals surface area (Å²) >= 11 is 0. The van der Waals surface area contributed by atoms with Gasteiger partial charge in [-0.1, -0.05) is 42.5 Å². The van der Waals surface area contributed by atoms with E-state index in [0.717, 1.165) is 28.5 Å². The molecule has 0 aliphatic carbocycles. The first-order valence-corrected chi connectivity index (χ1v) is 6.69. The highest BCUT2D eigenvalue weighted by atomic mass is 19.1. The Morgan fingerprint density at radius 1 is 0.857 bits per heavy atom. The minimum Gasteiger partial charge on any atom is -0.384 e. The van der Waals surface area contributed by atoms with Crippen molar-refractivity contribution in [2.75, 3.05) is 0 Å². The molecule has 1 unspecified atom stereocenters. The summed E-state index contributed by atoms with van der Waals surface area (Å²) in [7, 11) is 0. The van der Waals surface area contributed by atoms with Gasteiger partial charge in [-0.25, -0.2) is 8.78 Å². The molecule has 3 rings (SSSR count). The molecular formula is C18H14F2O. The van der Waals surface area contributed by atoms with Crippen LogP contribution in [0, 0.1) is 18.6 Å². The Bertz CT molecular complexity index is 811. The highest BCUT2D eigenvalue weighted by molar-refractivity contribution is 5.89. The molecule has 0 amide bonds. The van der Waals surface area contributed by atoms with E-state index in [0.29, 0.717) is 5.56 Å². The lowest BCUT2D eigenvalue weighted by Gasteiger charge is -2.16. The van der Waals surface area contributed by atoms with Crippen molar-refractivity contribution in [3.8, 4) is 0 Å². The SMILES string of the molecule is Cc1ccc(C(O)c2ccc(F)cc2F)c2ccccc12. The number of fused-ring (bicyclic) bond motifs is 1. The normalized spacial score (nSPS) is 12.6. The van der Waals surface area contributed by atoms with Crippen LogP contribution < -0.4 is 0 Å². The lowest BCUT2D eigenvalue weighted by Crippen LogP contribution is -2.04. The number of rotatable bonds is 2. The number of benzene rings is 3. The van der Waals surface area contributed by atoms with Crippen LogP contribution in [0.25, 0.3) is 10.8 Å². The largest absolute Gasteiger partial charge is 0.384 e. The molecule has 1 nitrogen and oxygen atoms in total. The van der Waals surface area contributed by atoms with Gasteiger partial charge >= 0.3 is 0 Å². The van der Waals surface area contributed by atoms with Crippen LogP contribution in [0.5, 0.6) is 0 Å². The van der Waals surface area contributed by atoms with Gasteiger partial charge in [0.1, 0.15) is 17.7 Å². The zero-order valence-corrected chi connectivity index (χ0v) is 11.5. The summed E-state index contributed by atoms with van der Waals surface area (Å²) in [6.45, 7) is 1.98. The zero-order valence-electron chi connectivity index (χ0n) is 11.5. The first-order chi connectivity index (χ1) is 10.1. The first kappa shape index (κ1) is 13.7. The number of hydrogen-bond acceptors (Lipinski definition) is 1. The van der Waals surface area contributed by atoms with E-state index >= 15 is 0 Å². The third-order valence-corrected chi connectivity index (χ3v) is 3.73. The van der Waals surface area contributed by atoms with Gasteiger partial charge in [0.25, 0.3) is 0 Å². The molecule has 0 aliphatic rings. The molecular weight excluding hydrogens is 270 g/mol. The molecule has 0 bridgehead atoms.